The summed E-state index contributed by atoms with van der Waals surface area (Å²) in [5.41, 5.74) is 3.30. The quantitative estimate of drug-likeness (QED) is 0.817. The van der Waals surface area contributed by atoms with Gasteiger partial charge in [-0.1, -0.05) is 6.92 Å². The molecule has 15 heavy (non-hydrogen) atoms. The summed E-state index contributed by atoms with van der Waals surface area (Å²) in [7, 11) is 0. The van der Waals surface area contributed by atoms with E-state index in [-0.39, 0.29) is 6.42 Å². The van der Waals surface area contributed by atoms with Crippen molar-refractivity contribution >= 4 is 5.97 Å². The number of nitriles is 1. The highest BCUT2D eigenvalue weighted by atomic mass is 16.4. The van der Waals surface area contributed by atoms with Crippen LogP contribution < -0.4 is 0 Å². The number of carbonyl (C=O) groups is 1. The number of carboxylic acids is 1. The highest BCUT2D eigenvalue weighted by Crippen LogP contribution is 2.18. The third-order valence-electron chi connectivity index (χ3n) is 2.47. The lowest BCUT2D eigenvalue weighted by Crippen LogP contribution is -2.04. The molecule has 0 bridgehead atoms. The Hall–Kier alpha value is -1.82. The standard InChI is InChI=1S/C12H13NO2/c1-3-10-4-9(7-13)5-11(8(10)2)6-12(14)15/h4-5H,3,6H2,1-2H3,(H,14,15). The van der Waals surface area contributed by atoms with E-state index < -0.39 is 5.97 Å². The van der Waals surface area contributed by atoms with Gasteiger partial charge in [0.05, 0.1) is 18.1 Å². The molecule has 1 aromatic rings. The highest BCUT2D eigenvalue weighted by molar-refractivity contribution is 5.71. The molecular formula is C12H13NO2. The molecule has 0 aliphatic heterocycles. The predicted octanol–water partition coefficient (Wildman–Crippen LogP) is 2.06. The normalized spacial score (nSPS) is 9.67. The smallest absolute Gasteiger partial charge is 0.307 e. The van der Waals surface area contributed by atoms with Crippen molar-refractivity contribution in [1.29, 1.82) is 5.26 Å². The molecule has 3 heteroatoms. The van der Waals surface area contributed by atoms with Crippen LogP contribution in [-0.2, 0) is 17.6 Å². The summed E-state index contributed by atoms with van der Waals surface area (Å²) in [6, 6.07) is 5.53. The van der Waals surface area contributed by atoms with Crippen LogP contribution in [0.5, 0.6) is 0 Å². The molecule has 78 valence electrons. The molecule has 0 saturated heterocycles. The summed E-state index contributed by atoms with van der Waals surface area (Å²) >= 11 is 0. The second kappa shape index (κ2) is 4.61. The Morgan fingerprint density at radius 2 is 2.07 bits per heavy atom. The number of aliphatic carboxylic acids is 1. The van der Waals surface area contributed by atoms with Gasteiger partial charge < -0.3 is 5.11 Å². The molecule has 1 rings (SSSR count). The maximum absolute atomic E-state index is 10.6. The van der Waals surface area contributed by atoms with E-state index in [0.717, 1.165) is 23.1 Å². The summed E-state index contributed by atoms with van der Waals surface area (Å²) in [5, 5.41) is 17.5. The molecule has 0 spiro atoms. The molecule has 3 nitrogen and oxygen atoms in total. The number of aryl methyl sites for hydroxylation is 1. The molecule has 1 N–H and O–H groups in total. The van der Waals surface area contributed by atoms with Crippen molar-refractivity contribution in [2.24, 2.45) is 0 Å². The van der Waals surface area contributed by atoms with Gasteiger partial charge in [0, 0.05) is 0 Å². The largest absolute Gasteiger partial charge is 0.481 e. The van der Waals surface area contributed by atoms with Gasteiger partial charge in [-0.25, -0.2) is 0 Å². The van der Waals surface area contributed by atoms with E-state index in [4.69, 9.17) is 10.4 Å². The molecule has 0 saturated carbocycles. The molecule has 0 unspecified atom stereocenters. The Balaban J connectivity index is 3.25. The summed E-state index contributed by atoms with van der Waals surface area (Å²) in [4.78, 5) is 10.6. The van der Waals surface area contributed by atoms with Gasteiger partial charge in [-0.3, -0.25) is 4.79 Å². The molecule has 0 atom stereocenters. The van der Waals surface area contributed by atoms with Gasteiger partial charge in [0.15, 0.2) is 0 Å². The third kappa shape index (κ3) is 2.57. The zero-order valence-electron chi connectivity index (χ0n) is 8.87. The fourth-order valence-electron chi connectivity index (χ4n) is 1.62. The number of nitrogens with zero attached hydrogens (tertiary/aromatic N) is 1. The average molecular weight is 203 g/mol. The zero-order valence-corrected chi connectivity index (χ0v) is 8.87. The van der Waals surface area contributed by atoms with Gasteiger partial charge in [0.25, 0.3) is 0 Å². The lowest BCUT2D eigenvalue weighted by atomic mass is 9.96. The Kier molecular flexibility index (Phi) is 3.46. The van der Waals surface area contributed by atoms with Gasteiger partial charge in [0.1, 0.15) is 0 Å². The molecule has 1 aromatic carbocycles. The van der Waals surface area contributed by atoms with Gasteiger partial charge in [0.2, 0.25) is 0 Å². The van der Waals surface area contributed by atoms with Crippen molar-refractivity contribution in [3.63, 3.8) is 0 Å². The van der Waals surface area contributed by atoms with Crippen molar-refractivity contribution in [2.45, 2.75) is 26.7 Å². The number of hydrogen-bond acceptors (Lipinski definition) is 2. The van der Waals surface area contributed by atoms with Crippen LogP contribution in [0.15, 0.2) is 12.1 Å². The number of rotatable bonds is 3. The Labute approximate surface area is 89.0 Å². The molecular weight excluding hydrogens is 190 g/mol. The van der Waals surface area contributed by atoms with Crippen molar-refractivity contribution in [3.05, 3.63) is 34.4 Å². The Morgan fingerprint density at radius 3 is 2.53 bits per heavy atom. The van der Waals surface area contributed by atoms with Gasteiger partial charge in [-0.15, -0.1) is 0 Å². The molecule has 0 fully saturated rings. The van der Waals surface area contributed by atoms with E-state index in [2.05, 4.69) is 0 Å². The topological polar surface area (TPSA) is 61.1 Å². The average Bonchev–Trinajstić information content (AvgIpc) is 2.20. The van der Waals surface area contributed by atoms with Crippen molar-refractivity contribution < 1.29 is 9.90 Å². The van der Waals surface area contributed by atoms with Gasteiger partial charge in [-0.05, 0) is 42.2 Å². The van der Waals surface area contributed by atoms with E-state index in [1.165, 1.54) is 0 Å². The van der Waals surface area contributed by atoms with Crippen molar-refractivity contribution in [1.82, 2.24) is 0 Å². The summed E-state index contributed by atoms with van der Waals surface area (Å²) < 4.78 is 0. The van der Waals surface area contributed by atoms with Gasteiger partial charge in [-0.2, -0.15) is 5.26 Å². The van der Waals surface area contributed by atoms with E-state index in [0.29, 0.717) is 5.56 Å². The molecule has 0 aliphatic carbocycles. The van der Waals surface area contributed by atoms with Crippen LogP contribution in [0, 0.1) is 18.3 Å². The SMILES string of the molecule is CCc1cc(C#N)cc(CC(=O)O)c1C. The van der Waals surface area contributed by atoms with Gasteiger partial charge >= 0.3 is 5.97 Å². The minimum Gasteiger partial charge on any atom is -0.481 e. The lowest BCUT2D eigenvalue weighted by molar-refractivity contribution is -0.136. The molecule has 0 aliphatic rings. The minimum atomic E-state index is -0.866. The summed E-state index contributed by atoms with van der Waals surface area (Å²) in [5.74, 6) is -0.866. The van der Waals surface area contributed by atoms with Crippen LogP contribution in [0.2, 0.25) is 0 Å². The van der Waals surface area contributed by atoms with E-state index >= 15 is 0 Å². The first-order valence-electron chi connectivity index (χ1n) is 4.82. The third-order valence-corrected chi connectivity index (χ3v) is 2.47. The predicted molar refractivity (Wildman–Crippen MR) is 56.6 cm³/mol. The highest BCUT2D eigenvalue weighted by Gasteiger charge is 2.09. The number of carboxylic acid groups (broad SMARTS) is 1. The number of hydrogen-bond donors (Lipinski definition) is 1. The first-order valence-corrected chi connectivity index (χ1v) is 4.82. The van der Waals surface area contributed by atoms with Crippen LogP contribution in [0.4, 0.5) is 0 Å². The van der Waals surface area contributed by atoms with Crippen LogP contribution in [0.1, 0.15) is 29.2 Å². The fourth-order valence-corrected chi connectivity index (χ4v) is 1.62. The van der Waals surface area contributed by atoms with Crippen molar-refractivity contribution in [3.8, 4) is 6.07 Å². The molecule has 0 radical (unpaired) electrons. The monoisotopic (exact) mass is 203 g/mol. The minimum absolute atomic E-state index is 0.0195. The van der Waals surface area contributed by atoms with Crippen molar-refractivity contribution in [2.75, 3.05) is 0 Å². The summed E-state index contributed by atoms with van der Waals surface area (Å²) in [6.45, 7) is 3.90. The second-order valence-corrected chi connectivity index (χ2v) is 3.46. The Morgan fingerprint density at radius 1 is 1.47 bits per heavy atom. The molecule has 0 aromatic heterocycles. The summed E-state index contributed by atoms with van der Waals surface area (Å²) in [6.07, 6.45) is 0.794. The first-order chi connectivity index (χ1) is 7.08. The van der Waals surface area contributed by atoms with Crippen LogP contribution in [0.3, 0.4) is 0 Å². The lowest BCUT2D eigenvalue weighted by Gasteiger charge is -2.09. The van der Waals surface area contributed by atoms with E-state index in [1.54, 1.807) is 6.07 Å². The fraction of sp³-hybridized carbons (Fsp3) is 0.333. The maximum Gasteiger partial charge on any atom is 0.307 e. The van der Waals surface area contributed by atoms with Crippen LogP contribution in [-0.4, -0.2) is 11.1 Å². The maximum atomic E-state index is 10.6. The Bertz CT molecular complexity index is 430. The van der Waals surface area contributed by atoms with E-state index in [9.17, 15) is 4.79 Å². The zero-order chi connectivity index (χ0) is 11.4. The molecule has 0 heterocycles. The number of benzene rings is 1. The molecule has 0 amide bonds. The van der Waals surface area contributed by atoms with Crippen LogP contribution in [0.25, 0.3) is 0 Å². The van der Waals surface area contributed by atoms with Crippen LogP contribution >= 0.6 is 0 Å². The first kappa shape index (κ1) is 11.3. The second-order valence-electron chi connectivity index (χ2n) is 3.46. The van der Waals surface area contributed by atoms with E-state index in [1.807, 2.05) is 26.0 Å².